The molecule has 17 heavy (non-hydrogen) atoms. The molecule has 4 nitrogen and oxygen atoms in total. The van der Waals surface area contributed by atoms with Gasteiger partial charge in [-0.05, 0) is 45.7 Å². The lowest BCUT2D eigenvalue weighted by atomic mass is 10.2. The van der Waals surface area contributed by atoms with Crippen LogP contribution in [-0.2, 0) is 11.3 Å². The minimum absolute atomic E-state index is 0.253. The van der Waals surface area contributed by atoms with Gasteiger partial charge >= 0.3 is 6.09 Å². The van der Waals surface area contributed by atoms with Gasteiger partial charge in [0.2, 0.25) is 0 Å². The molecule has 0 atom stereocenters. The van der Waals surface area contributed by atoms with Crippen LogP contribution < -0.4 is 0 Å². The Morgan fingerprint density at radius 3 is 2.71 bits per heavy atom. The van der Waals surface area contributed by atoms with Gasteiger partial charge in [-0.25, -0.2) is 4.79 Å². The van der Waals surface area contributed by atoms with Crippen LogP contribution in [0.2, 0.25) is 0 Å². The molecular formula is C13H19NO3. The highest BCUT2D eigenvalue weighted by atomic mass is 16.6. The van der Waals surface area contributed by atoms with Gasteiger partial charge in [0.15, 0.2) is 0 Å². The molecule has 4 heteroatoms. The van der Waals surface area contributed by atoms with Crippen molar-refractivity contribution in [3.8, 4) is 0 Å². The molecule has 0 N–H and O–H groups in total. The lowest BCUT2D eigenvalue weighted by Gasteiger charge is -2.26. The molecule has 0 aromatic carbocycles. The molecule has 0 unspecified atom stereocenters. The number of hydrogen-bond donors (Lipinski definition) is 0. The van der Waals surface area contributed by atoms with Crippen molar-refractivity contribution in [2.75, 3.05) is 0 Å². The second kappa shape index (κ2) is 4.43. The Bertz CT molecular complexity index is 374. The van der Waals surface area contributed by atoms with Crippen LogP contribution in [0.5, 0.6) is 0 Å². The molecule has 1 heterocycles. The molecule has 0 radical (unpaired) electrons. The van der Waals surface area contributed by atoms with Crippen LogP contribution in [0.1, 0.15) is 39.4 Å². The maximum atomic E-state index is 12.0. The highest BCUT2D eigenvalue weighted by molar-refractivity contribution is 5.69. The highest BCUT2D eigenvalue weighted by Gasteiger charge is 2.35. The quantitative estimate of drug-likeness (QED) is 0.810. The first-order valence-corrected chi connectivity index (χ1v) is 5.98. The number of ether oxygens (including phenoxy) is 1. The predicted octanol–water partition coefficient (Wildman–Crippen LogP) is 3.18. The predicted molar refractivity (Wildman–Crippen MR) is 63.5 cm³/mol. The topological polar surface area (TPSA) is 42.7 Å². The van der Waals surface area contributed by atoms with E-state index in [1.54, 1.807) is 11.2 Å². The Morgan fingerprint density at radius 2 is 2.24 bits per heavy atom. The first kappa shape index (κ1) is 12.0. The molecule has 1 aliphatic rings. The summed E-state index contributed by atoms with van der Waals surface area (Å²) in [6.45, 7) is 6.13. The fraction of sp³-hybridized carbons (Fsp3) is 0.615. The second-order valence-electron chi connectivity index (χ2n) is 5.42. The van der Waals surface area contributed by atoms with Crippen molar-refractivity contribution < 1.29 is 13.9 Å². The maximum absolute atomic E-state index is 12.0. The van der Waals surface area contributed by atoms with Crippen LogP contribution in [0.15, 0.2) is 22.8 Å². The van der Waals surface area contributed by atoms with E-state index < -0.39 is 5.60 Å². The minimum Gasteiger partial charge on any atom is -0.467 e. The number of amides is 1. The normalized spacial score (nSPS) is 15.7. The van der Waals surface area contributed by atoms with Gasteiger partial charge in [-0.15, -0.1) is 0 Å². The summed E-state index contributed by atoms with van der Waals surface area (Å²) in [6.07, 6.45) is 3.48. The summed E-state index contributed by atoms with van der Waals surface area (Å²) < 4.78 is 10.7. The third-order valence-corrected chi connectivity index (χ3v) is 2.52. The number of furan rings is 1. The molecule has 1 aromatic rings. The number of hydrogen-bond acceptors (Lipinski definition) is 3. The third kappa shape index (κ3) is 3.51. The average molecular weight is 237 g/mol. The number of rotatable bonds is 3. The van der Waals surface area contributed by atoms with Gasteiger partial charge in [-0.1, -0.05) is 0 Å². The molecule has 0 aliphatic heterocycles. The zero-order valence-corrected chi connectivity index (χ0v) is 10.6. The largest absolute Gasteiger partial charge is 0.467 e. The Balaban J connectivity index is 1.99. The van der Waals surface area contributed by atoms with Gasteiger partial charge in [-0.2, -0.15) is 0 Å². The average Bonchev–Trinajstić information content (AvgIpc) is 2.89. The lowest BCUT2D eigenvalue weighted by molar-refractivity contribution is 0.0204. The van der Waals surface area contributed by atoms with Crippen molar-refractivity contribution in [3.05, 3.63) is 24.2 Å². The zero-order chi connectivity index (χ0) is 12.5. The van der Waals surface area contributed by atoms with E-state index in [0.29, 0.717) is 12.6 Å². The van der Waals surface area contributed by atoms with E-state index in [-0.39, 0.29) is 6.09 Å². The number of nitrogens with zero attached hydrogens (tertiary/aromatic N) is 1. The maximum Gasteiger partial charge on any atom is 0.410 e. The van der Waals surface area contributed by atoms with E-state index in [9.17, 15) is 4.79 Å². The van der Waals surface area contributed by atoms with Crippen LogP contribution in [0.25, 0.3) is 0 Å². The summed E-state index contributed by atoms with van der Waals surface area (Å²) >= 11 is 0. The molecular weight excluding hydrogens is 218 g/mol. The molecule has 2 rings (SSSR count). The SMILES string of the molecule is CC(C)(C)OC(=O)N(Cc1ccco1)C1CC1. The van der Waals surface area contributed by atoms with E-state index in [0.717, 1.165) is 18.6 Å². The number of carbonyl (C=O) groups excluding carboxylic acids is 1. The highest BCUT2D eigenvalue weighted by Crippen LogP contribution is 2.29. The van der Waals surface area contributed by atoms with Gasteiger partial charge in [0.25, 0.3) is 0 Å². The molecule has 94 valence electrons. The van der Waals surface area contributed by atoms with E-state index in [1.807, 2.05) is 32.9 Å². The summed E-state index contributed by atoms with van der Waals surface area (Å²) in [7, 11) is 0. The third-order valence-electron chi connectivity index (χ3n) is 2.52. The summed E-state index contributed by atoms with van der Waals surface area (Å²) in [5.74, 6) is 0.794. The van der Waals surface area contributed by atoms with Crippen molar-refractivity contribution in [1.29, 1.82) is 0 Å². The second-order valence-corrected chi connectivity index (χ2v) is 5.42. The Hall–Kier alpha value is -1.45. The van der Waals surface area contributed by atoms with Crippen molar-refractivity contribution in [1.82, 2.24) is 4.90 Å². The van der Waals surface area contributed by atoms with E-state index in [1.165, 1.54) is 0 Å². The van der Waals surface area contributed by atoms with Gasteiger partial charge in [0.1, 0.15) is 11.4 Å². The minimum atomic E-state index is -0.451. The van der Waals surface area contributed by atoms with Crippen LogP contribution in [0, 0.1) is 0 Å². The fourth-order valence-corrected chi connectivity index (χ4v) is 1.62. The van der Waals surface area contributed by atoms with Gasteiger partial charge in [0.05, 0.1) is 12.8 Å². The Kier molecular flexibility index (Phi) is 3.13. The molecule has 1 aliphatic carbocycles. The molecule has 0 saturated heterocycles. The molecule has 0 bridgehead atoms. The molecule has 1 amide bonds. The molecule has 1 fully saturated rings. The summed E-state index contributed by atoms with van der Waals surface area (Å²) in [5, 5.41) is 0. The Labute approximate surface area is 102 Å². The van der Waals surface area contributed by atoms with Crippen LogP contribution in [0.4, 0.5) is 4.79 Å². The summed E-state index contributed by atoms with van der Waals surface area (Å²) in [5.41, 5.74) is -0.451. The van der Waals surface area contributed by atoms with Crippen molar-refractivity contribution in [2.45, 2.75) is 51.8 Å². The lowest BCUT2D eigenvalue weighted by Crippen LogP contribution is -2.37. The molecule has 1 aromatic heterocycles. The first-order chi connectivity index (χ1) is 7.96. The van der Waals surface area contributed by atoms with Crippen molar-refractivity contribution in [2.24, 2.45) is 0 Å². The smallest absolute Gasteiger partial charge is 0.410 e. The zero-order valence-electron chi connectivity index (χ0n) is 10.6. The Morgan fingerprint density at radius 1 is 1.53 bits per heavy atom. The first-order valence-electron chi connectivity index (χ1n) is 5.98. The molecule has 1 saturated carbocycles. The van der Waals surface area contributed by atoms with Crippen LogP contribution >= 0.6 is 0 Å². The number of carbonyl (C=O) groups is 1. The van der Waals surface area contributed by atoms with Gasteiger partial charge in [-0.3, -0.25) is 4.90 Å². The molecule has 0 spiro atoms. The standard InChI is InChI=1S/C13H19NO3/c1-13(2,3)17-12(15)14(10-6-7-10)9-11-5-4-8-16-11/h4-5,8,10H,6-7,9H2,1-3H3. The van der Waals surface area contributed by atoms with Crippen LogP contribution in [-0.4, -0.2) is 22.6 Å². The summed E-state index contributed by atoms with van der Waals surface area (Å²) in [6, 6.07) is 4.02. The fourth-order valence-electron chi connectivity index (χ4n) is 1.62. The van der Waals surface area contributed by atoms with Crippen LogP contribution in [0.3, 0.4) is 0 Å². The van der Waals surface area contributed by atoms with E-state index in [2.05, 4.69) is 0 Å². The van der Waals surface area contributed by atoms with Crippen molar-refractivity contribution >= 4 is 6.09 Å². The van der Waals surface area contributed by atoms with E-state index >= 15 is 0 Å². The van der Waals surface area contributed by atoms with E-state index in [4.69, 9.17) is 9.15 Å². The van der Waals surface area contributed by atoms with Crippen molar-refractivity contribution in [3.63, 3.8) is 0 Å². The summed E-state index contributed by atoms with van der Waals surface area (Å²) in [4.78, 5) is 13.8. The van der Waals surface area contributed by atoms with Gasteiger partial charge < -0.3 is 9.15 Å². The monoisotopic (exact) mass is 237 g/mol. The van der Waals surface area contributed by atoms with Gasteiger partial charge in [0, 0.05) is 6.04 Å².